The van der Waals surface area contributed by atoms with Crippen molar-refractivity contribution < 1.29 is 18.7 Å². The van der Waals surface area contributed by atoms with E-state index in [9.17, 15) is 9.59 Å². The molecule has 0 bridgehead atoms. The van der Waals surface area contributed by atoms with Gasteiger partial charge in [0.1, 0.15) is 11.9 Å². The van der Waals surface area contributed by atoms with Gasteiger partial charge in [0.2, 0.25) is 5.91 Å². The van der Waals surface area contributed by atoms with Gasteiger partial charge in [-0.15, -0.1) is 0 Å². The van der Waals surface area contributed by atoms with Crippen LogP contribution in [0.3, 0.4) is 0 Å². The molecule has 0 aromatic carbocycles. The van der Waals surface area contributed by atoms with Crippen molar-refractivity contribution in [2.75, 3.05) is 20.2 Å². The number of carbonyl (C=O) groups is 2. The third-order valence-corrected chi connectivity index (χ3v) is 4.04. The number of methoxy groups -OCH3 is 1. The second kappa shape index (κ2) is 8.10. The normalized spacial score (nSPS) is 18.8. The Balaban J connectivity index is 1.88. The monoisotopic (exact) mass is 323 g/mol. The van der Waals surface area contributed by atoms with Gasteiger partial charge in [-0.3, -0.25) is 9.59 Å². The van der Waals surface area contributed by atoms with Gasteiger partial charge in [0.05, 0.1) is 18.8 Å². The number of aryl methyl sites for hydroxylation is 2. The van der Waals surface area contributed by atoms with E-state index >= 15 is 0 Å². The number of nitrogens with zero attached hydrogens (tertiary/aromatic N) is 2. The number of ether oxygens (including phenoxy) is 1. The van der Waals surface area contributed by atoms with E-state index in [1.165, 1.54) is 7.11 Å². The Morgan fingerprint density at radius 3 is 2.91 bits per heavy atom. The average molecular weight is 323 g/mol. The molecular weight excluding hydrogens is 298 g/mol. The number of hydrogen-bond acceptors (Lipinski definition) is 5. The highest BCUT2D eigenvalue weighted by atomic mass is 16.5. The van der Waals surface area contributed by atoms with Crippen LogP contribution in [0.1, 0.15) is 43.5 Å². The van der Waals surface area contributed by atoms with Crippen LogP contribution in [0.2, 0.25) is 0 Å². The van der Waals surface area contributed by atoms with Crippen LogP contribution in [0, 0.1) is 6.92 Å². The number of carbonyl (C=O) groups excluding carboxylic acids is 2. The van der Waals surface area contributed by atoms with Gasteiger partial charge in [-0.1, -0.05) is 6.92 Å². The first-order valence-corrected chi connectivity index (χ1v) is 8.08. The lowest BCUT2D eigenvalue weighted by molar-refractivity contribution is -0.144. The summed E-state index contributed by atoms with van der Waals surface area (Å²) in [5, 5.41) is 2.79. The molecule has 1 aliphatic heterocycles. The topological polar surface area (TPSA) is 84.7 Å². The molecule has 1 aromatic heterocycles. The zero-order chi connectivity index (χ0) is 16.8. The molecule has 0 radical (unpaired) electrons. The Labute approximate surface area is 136 Å². The molecule has 2 rings (SSSR count). The average Bonchev–Trinajstić information content (AvgIpc) is 2.81. The second-order valence-electron chi connectivity index (χ2n) is 5.73. The predicted molar refractivity (Wildman–Crippen MR) is 83.7 cm³/mol. The highest BCUT2D eigenvalue weighted by Gasteiger charge is 2.28. The summed E-state index contributed by atoms with van der Waals surface area (Å²) >= 11 is 0. The zero-order valence-electron chi connectivity index (χ0n) is 14.1. The summed E-state index contributed by atoms with van der Waals surface area (Å²) in [7, 11) is 1.53. The van der Waals surface area contributed by atoms with Crippen molar-refractivity contribution >= 4 is 11.8 Å². The SMILES string of the molecule is CCc1nc(C)c(CNC(=O)CN2CCCCC(OC)C2=O)o1. The highest BCUT2D eigenvalue weighted by molar-refractivity contribution is 5.87. The lowest BCUT2D eigenvalue weighted by Gasteiger charge is -2.22. The molecule has 0 spiro atoms. The summed E-state index contributed by atoms with van der Waals surface area (Å²) in [5.41, 5.74) is 0.785. The van der Waals surface area contributed by atoms with Gasteiger partial charge in [0.15, 0.2) is 5.89 Å². The van der Waals surface area contributed by atoms with Crippen molar-refractivity contribution in [2.24, 2.45) is 0 Å². The van der Waals surface area contributed by atoms with E-state index in [2.05, 4.69) is 10.3 Å². The van der Waals surface area contributed by atoms with Gasteiger partial charge in [0, 0.05) is 20.1 Å². The molecule has 1 N–H and O–H groups in total. The summed E-state index contributed by atoms with van der Waals surface area (Å²) in [5.74, 6) is 1.01. The highest BCUT2D eigenvalue weighted by Crippen LogP contribution is 2.14. The van der Waals surface area contributed by atoms with Crippen molar-refractivity contribution in [3.05, 3.63) is 17.3 Å². The summed E-state index contributed by atoms with van der Waals surface area (Å²) in [6.07, 6.45) is 2.81. The molecule has 1 atom stereocenters. The van der Waals surface area contributed by atoms with Gasteiger partial charge < -0.3 is 19.4 Å². The largest absolute Gasteiger partial charge is 0.444 e. The Hall–Kier alpha value is -1.89. The van der Waals surface area contributed by atoms with Crippen molar-refractivity contribution in [3.8, 4) is 0 Å². The Bertz CT molecular complexity index is 556. The standard InChI is InChI=1S/C16H25N3O4/c1-4-15-18-11(2)13(23-15)9-17-14(20)10-19-8-6-5-7-12(22-3)16(19)21/h12H,4-10H2,1-3H3,(H,17,20). The van der Waals surface area contributed by atoms with E-state index in [0.717, 1.165) is 25.0 Å². The molecule has 2 amide bonds. The van der Waals surface area contributed by atoms with E-state index in [1.54, 1.807) is 4.90 Å². The van der Waals surface area contributed by atoms with Gasteiger partial charge in [0.25, 0.3) is 5.91 Å². The molecule has 1 aromatic rings. The van der Waals surface area contributed by atoms with E-state index in [1.807, 2.05) is 13.8 Å². The number of amides is 2. The molecule has 7 heteroatoms. The number of oxazole rings is 1. The number of aromatic nitrogens is 1. The molecule has 128 valence electrons. The van der Waals surface area contributed by atoms with Crippen molar-refractivity contribution in [1.82, 2.24) is 15.2 Å². The smallest absolute Gasteiger partial charge is 0.252 e. The predicted octanol–water partition coefficient (Wildman–Crippen LogP) is 1.19. The minimum atomic E-state index is -0.436. The minimum absolute atomic E-state index is 0.0481. The number of likely N-dealkylation sites (tertiary alicyclic amines) is 1. The molecule has 0 saturated carbocycles. The van der Waals surface area contributed by atoms with Crippen LogP contribution >= 0.6 is 0 Å². The van der Waals surface area contributed by atoms with Gasteiger partial charge in [-0.25, -0.2) is 4.98 Å². The van der Waals surface area contributed by atoms with Gasteiger partial charge in [-0.2, -0.15) is 0 Å². The van der Waals surface area contributed by atoms with Crippen LogP contribution in [-0.2, 0) is 27.3 Å². The first-order valence-electron chi connectivity index (χ1n) is 8.08. The van der Waals surface area contributed by atoms with Gasteiger partial charge >= 0.3 is 0 Å². The Kier molecular flexibility index (Phi) is 6.15. The molecule has 7 nitrogen and oxygen atoms in total. The van der Waals surface area contributed by atoms with Crippen molar-refractivity contribution in [3.63, 3.8) is 0 Å². The van der Waals surface area contributed by atoms with Crippen molar-refractivity contribution in [2.45, 2.75) is 52.2 Å². The Morgan fingerprint density at radius 2 is 2.26 bits per heavy atom. The van der Waals surface area contributed by atoms with E-state index < -0.39 is 6.10 Å². The molecular formula is C16H25N3O4. The molecule has 2 heterocycles. The Morgan fingerprint density at radius 1 is 1.48 bits per heavy atom. The summed E-state index contributed by atoms with van der Waals surface area (Å²) < 4.78 is 10.8. The number of rotatable bonds is 6. The zero-order valence-corrected chi connectivity index (χ0v) is 14.1. The van der Waals surface area contributed by atoms with Crippen LogP contribution < -0.4 is 5.32 Å². The van der Waals surface area contributed by atoms with Crippen LogP contribution in [0.4, 0.5) is 0 Å². The number of hydrogen-bond donors (Lipinski definition) is 1. The first kappa shape index (κ1) is 17.5. The van der Waals surface area contributed by atoms with E-state index in [4.69, 9.17) is 9.15 Å². The van der Waals surface area contributed by atoms with Crippen molar-refractivity contribution in [1.29, 1.82) is 0 Å². The fourth-order valence-corrected chi connectivity index (χ4v) is 2.66. The minimum Gasteiger partial charge on any atom is -0.444 e. The van der Waals surface area contributed by atoms with E-state index in [-0.39, 0.29) is 24.9 Å². The maximum absolute atomic E-state index is 12.3. The third-order valence-electron chi connectivity index (χ3n) is 4.04. The molecule has 1 aliphatic rings. The lowest BCUT2D eigenvalue weighted by atomic mass is 10.2. The maximum atomic E-state index is 12.3. The first-order chi connectivity index (χ1) is 11.0. The summed E-state index contributed by atoms with van der Waals surface area (Å²) in [6, 6.07) is 0. The van der Waals surface area contributed by atoms with Crippen LogP contribution in [0.15, 0.2) is 4.42 Å². The fourth-order valence-electron chi connectivity index (χ4n) is 2.66. The lowest BCUT2D eigenvalue weighted by Crippen LogP contribution is -2.44. The van der Waals surface area contributed by atoms with E-state index in [0.29, 0.717) is 24.6 Å². The second-order valence-corrected chi connectivity index (χ2v) is 5.73. The van der Waals surface area contributed by atoms with Gasteiger partial charge in [-0.05, 0) is 26.2 Å². The molecule has 1 unspecified atom stereocenters. The summed E-state index contributed by atoms with van der Waals surface area (Å²) in [4.78, 5) is 30.2. The summed E-state index contributed by atoms with van der Waals surface area (Å²) in [6.45, 7) is 4.74. The third kappa shape index (κ3) is 4.54. The number of nitrogens with one attached hydrogen (secondary N) is 1. The fraction of sp³-hybridized carbons (Fsp3) is 0.688. The quantitative estimate of drug-likeness (QED) is 0.850. The van der Waals surface area contributed by atoms with Crippen LogP contribution in [0.25, 0.3) is 0 Å². The molecule has 0 aliphatic carbocycles. The van der Waals surface area contributed by atoms with Crippen LogP contribution in [0.5, 0.6) is 0 Å². The molecule has 23 heavy (non-hydrogen) atoms. The molecule has 1 saturated heterocycles. The maximum Gasteiger partial charge on any atom is 0.252 e. The molecule has 1 fully saturated rings. The van der Waals surface area contributed by atoms with Crippen LogP contribution in [-0.4, -0.2) is 48.0 Å².